The van der Waals surface area contributed by atoms with Crippen molar-refractivity contribution in [2.45, 2.75) is 46.0 Å². The Morgan fingerprint density at radius 3 is 2.50 bits per heavy atom. The van der Waals surface area contributed by atoms with Gasteiger partial charge in [-0.25, -0.2) is 0 Å². The van der Waals surface area contributed by atoms with Crippen molar-refractivity contribution >= 4 is 5.78 Å². The number of hydrogen-bond acceptors (Lipinski definition) is 3. The van der Waals surface area contributed by atoms with E-state index in [2.05, 4.69) is 5.10 Å². The minimum Gasteiger partial charge on any atom is -0.384 e. The Labute approximate surface area is 115 Å². The van der Waals surface area contributed by atoms with Gasteiger partial charge >= 0.3 is 6.18 Å². The summed E-state index contributed by atoms with van der Waals surface area (Å²) in [6, 6.07) is 1.49. The van der Waals surface area contributed by atoms with E-state index < -0.39 is 18.7 Å². The van der Waals surface area contributed by atoms with Crippen LogP contribution in [0.2, 0.25) is 0 Å². The molecular formula is C13H19F3N2O2. The number of carbonyl (C=O) groups is 1. The fourth-order valence-electron chi connectivity index (χ4n) is 1.66. The molecule has 7 heteroatoms. The summed E-state index contributed by atoms with van der Waals surface area (Å²) in [4.78, 5) is 12.2. The maximum absolute atomic E-state index is 12.2. The van der Waals surface area contributed by atoms with Crippen LogP contribution < -0.4 is 0 Å². The third-order valence-corrected chi connectivity index (χ3v) is 3.37. The van der Waals surface area contributed by atoms with Crippen molar-refractivity contribution in [1.29, 1.82) is 0 Å². The maximum Gasteiger partial charge on any atom is 0.414 e. The molecule has 0 aliphatic heterocycles. The number of carbonyl (C=O) groups excluding carboxylic acids is 1. The number of aliphatic hydroxyl groups is 1. The number of Topliss-reactive ketones (excluding diaryl/α,β-unsaturated/α-hetero) is 1. The molecule has 1 N–H and O–H groups in total. The molecule has 0 amide bonds. The quantitative estimate of drug-likeness (QED) is 0.820. The van der Waals surface area contributed by atoms with Crippen molar-refractivity contribution < 1.29 is 23.1 Å². The Bertz CT molecular complexity index is 455. The van der Waals surface area contributed by atoms with Crippen LogP contribution in [0.5, 0.6) is 0 Å². The number of aliphatic hydroxyl groups excluding tert-OH is 1. The number of hydrogen-bond donors (Lipinski definition) is 1. The lowest BCUT2D eigenvalue weighted by molar-refractivity contribution is -0.206. The van der Waals surface area contributed by atoms with Crippen molar-refractivity contribution in [2.75, 3.05) is 0 Å². The lowest BCUT2D eigenvalue weighted by Gasteiger charge is -2.17. The van der Waals surface area contributed by atoms with Gasteiger partial charge in [0.15, 0.2) is 11.9 Å². The summed E-state index contributed by atoms with van der Waals surface area (Å²) in [5.41, 5.74) is 0.278. The minimum atomic E-state index is -4.65. The third kappa shape index (κ3) is 4.06. The Morgan fingerprint density at radius 2 is 2.00 bits per heavy atom. The van der Waals surface area contributed by atoms with Crippen LogP contribution in [0.15, 0.2) is 12.3 Å². The van der Waals surface area contributed by atoms with Crippen LogP contribution in [0, 0.1) is 11.8 Å². The zero-order valence-electron chi connectivity index (χ0n) is 11.7. The Morgan fingerprint density at radius 1 is 1.40 bits per heavy atom. The van der Waals surface area contributed by atoms with E-state index in [0.717, 1.165) is 0 Å². The fourth-order valence-corrected chi connectivity index (χ4v) is 1.66. The number of rotatable bonds is 6. The van der Waals surface area contributed by atoms with Crippen LogP contribution in [0.4, 0.5) is 13.2 Å². The molecule has 114 valence electrons. The lowest BCUT2D eigenvalue weighted by atomic mass is 9.92. The number of aromatic nitrogens is 2. The predicted molar refractivity (Wildman–Crippen MR) is 67.2 cm³/mol. The first-order valence-electron chi connectivity index (χ1n) is 6.45. The normalized spacial score (nSPS) is 15.4. The topological polar surface area (TPSA) is 55.1 Å². The number of aryl methyl sites for hydroxylation is 1. The molecule has 4 nitrogen and oxygen atoms in total. The van der Waals surface area contributed by atoms with Crippen molar-refractivity contribution in [2.24, 2.45) is 11.8 Å². The van der Waals surface area contributed by atoms with Crippen molar-refractivity contribution in [3.63, 3.8) is 0 Å². The number of halogens is 3. The van der Waals surface area contributed by atoms with Crippen LogP contribution in [0.25, 0.3) is 0 Å². The van der Waals surface area contributed by atoms with Gasteiger partial charge in [-0.05, 0) is 12.0 Å². The second-order valence-corrected chi connectivity index (χ2v) is 5.18. The SMILES string of the molecule is CC(C)C(C)C(=O)c1ccnn1CCC(O)C(F)(F)F. The summed E-state index contributed by atoms with van der Waals surface area (Å²) in [7, 11) is 0. The maximum atomic E-state index is 12.2. The van der Waals surface area contributed by atoms with Crippen LogP contribution in [-0.2, 0) is 6.54 Å². The number of alkyl halides is 3. The van der Waals surface area contributed by atoms with E-state index in [9.17, 15) is 18.0 Å². The Kier molecular flexibility index (Phi) is 5.33. The van der Waals surface area contributed by atoms with E-state index in [1.807, 2.05) is 13.8 Å². The van der Waals surface area contributed by atoms with Gasteiger partial charge in [-0.2, -0.15) is 18.3 Å². The highest BCUT2D eigenvalue weighted by Gasteiger charge is 2.37. The number of nitrogens with zero attached hydrogens (tertiary/aromatic N) is 2. The first kappa shape index (κ1) is 16.7. The van der Waals surface area contributed by atoms with E-state index in [4.69, 9.17) is 5.11 Å². The summed E-state index contributed by atoms with van der Waals surface area (Å²) in [6.45, 7) is 5.42. The van der Waals surface area contributed by atoms with E-state index in [-0.39, 0.29) is 29.9 Å². The minimum absolute atomic E-state index is 0.131. The van der Waals surface area contributed by atoms with Crippen molar-refractivity contribution in [1.82, 2.24) is 9.78 Å². The van der Waals surface area contributed by atoms with E-state index in [0.29, 0.717) is 0 Å². The van der Waals surface area contributed by atoms with Crippen LogP contribution in [0.3, 0.4) is 0 Å². The highest BCUT2D eigenvalue weighted by molar-refractivity contribution is 5.96. The highest BCUT2D eigenvalue weighted by atomic mass is 19.4. The van der Waals surface area contributed by atoms with E-state index in [1.54, 1.807) is 6.92 Å². The van der Waals surface area contributed by atoms with Gasteiger partial charge < -0.3 is 5.11 Å². The average Bonchev–Trinajstić information content (AvgIpc) is 2.80. The smallest absolute Gasteiger partial charge is 0.384 e. The zero-order valence-corrected chi connectivity index (χ0v) is 11.7. The molecule has 2 unspecified atom stereocenters. The van der Waals surface area contributed by atoms with Gasteiger partial charge in [-0.3, -0.25) is 9.48 Å². The van der Waals surface area contributed by atoms with Gasteiger partial charge in [0.25, 0.3) is 0 Å². The predicted octanol–water partition coefficient (Wildman–Crippen LogP) is 2.67. The molecule has 0 fully saturated rings. The van der Waals surface area contributed by atoms with Crippen LogP contribution in [-0.4, -0.2) is 33.0 Å². The van der Waals surface area contributed by atoms with Gasteiger partial charge in [0.1, 0.15) is 5.69 Å². The molecule has 1 rings (SSSR count). The van der Waals surface area contributed by atoms with Crippen LogP contribution in [0.1, 0.15) is 37.7 Å². The molecule has 0 saturated heterocycles. The highest BCUT2D eigenvalue weighted by Crippen LogP contribution is 2.23. The molecule has 0 bridgehead atoms. The largest absolute Gasteiger partial charge is 0.414 e. The van der Waals surface area contributed by atoms with Gasteiger partial charge in [-0.15, -0.1) is 0 Å². The van der Waals surface area contributed by atoms with Gasteiger partial charge in [0.2, 0.25) is 0 Å². The standard InChI is InChI=1S/C13H19F3N2O2/c1-8(2)9(3)12(20)10-4-6-17-18(10)7-5-11(19)13(14,15)16/h4,6,8-9,11,19H,5,7H2,1-3H3. The summed E-state index contributed by atoms with van der Waals surface area (Å²) < 4.78 is 37.9. The Balaban J connectivity index is 2.75. The van der Waals surface area contributed by atoms with Crippen LogP contribution >= 0.6 is 0 Å². The van der Waals surface area contributed by atoms with Gasteiger partial charge in [0, 0.05) is 25.1 Å². The monoisotopic (exact) mass is 292 g/mol. The Hall–Kier alpha value is -1.37. The van der Waals surface area contributed by atoms with E-state index in [1.165, 1.54) is 16.9 Å². The van der Waals surface area contributed by atoms with Crippen molar-refractivity contribution in [3.8, 4) is 0 Å². The molecule has 1 aromatic rings. The third-order valence-electron chi connectivity index (χ3n) is 3.37. The molecule has 1 heterocycles. The second-order valence-electron chi connectivity index (χ2n) is 5.18. The van der Waals surface area contributed by atoms with Gasteiger partial charge in [0.05, 0.1) is 0 Å². The first-order valence-corrected chi connectivity index (χ1v) is 6.45. The van der Waals surface area contributed by atoms with Crippen molar-refractivity contribution in [3.05, 3.63) is 18.0 Å². The van der Waals surface area contributed by atoms with E-state index >= 15 is 0 Å². The molecule has 0 aliphatic rings. The lowest BCUT2D eigenvalue weighted by Crippen LogP contribution is -2.30. The molecule has 0 aliphatic carbocycles. The molecule has 0 spiro atoms. The molecule has 20 heavy (non-hydrogen) atoms. The number of ketones is 1. The first-order chi connectivity index (χ1) is 9.14. The molecule has 0 radical (unpaired) electrons. The average molecular weight is 292 g/mol. The molecule has 0 aromatic carbocycles. The second kappa shape index (κ2) is 6.39. The summed E-state index contributed by atoms with van der Waals surface area (Å²) in [5, 5.41) is 12.8. The van der Waals surface area contributed by atoms with Gasteiger partial charge in [-0.1, -0.05) is 20.8 Å². The molecule has 0 saturated carbocycles. The summed E-state index contributed by atoms with van der Waals surface area (Å²) in [5.74, 6) is -0.261. The zero-order chi connectivity index (χ0) is 15.5. The molecule has 2 atom stereocenters. The molecular weight excluding hydrogens is 273 g/mol. The summed E-state index contributed by atoms with van der Waals surface area (Å²) >= 11 is 0. The summed E-state index contributed by atoms with van der Waals surface area (Å²) in [6.07, 6.45) is -6.21. The fraction of sp³-hybridized carbons (Fsp3) is 0.692. The molecule has 1 aromatic heterocycles.